The van der Waals surface area contributed by atoms with Crippen LogP contribution in [-0.4, -0.2) is 27.0 Å². The molecule has 0 amide bonds. The average molecular weight is 297 g/mol. The first kappa shape index (κ1) is 15.3. The van der Waals surface area contributed by atoms with Crippen molar-refractivity contribution in [2.45, 2.75) is 37.6 Å². The van der Waals surface area contributed by atoms with Crippen molar-refractivity contribution in [2.75, 3.05) is 18.9 Å². The molecule has 0 bridgehead atoms. The lowest BCUT2D eigenvalue weighted by Gasteiger charge is -2.28. The normalized spacial score (nSPS) is 23.5. The van der Waals surface area contributed by atoms with Crippen LogP contribution in [0.2, 0.25) is 0 Å². The summed E-state index contributed by atoms with van der Waals surface area (Å²) >= 11 is 0. The minimum absolute atomic E-state index is 0.0750. The molecule has 20 heavy (non-hydrogen) atoms. The Morgan fingerprint density at radius 2 is 2.10 bits per heavy atom. The molecular weight excluding hydrogens is 274 g/mol. The van der Waals surface area contributed by atoms with Gasteiger partial charge >= 0.3 is 0 Å². The Balaban J connectivity index is 2.07. The van der Waals surface area contributed by atoms with Crippen LogP contribution in [-0.2, 0) is 10.0 Å². The van der Waals surface area contributed by atoms with Gasteiger partial charge < -0.3 is 5.32 Å². The predicted molar refractivity (Wildman–Crippen MR) is 80.1 cm³/mol. The van der Waals surface area contributed by atoms with Gasteiger partial charge in [-0.05, 0) is 30.4 Å². The molecular formula is C14H23N3O2S. The van der Waals surface area contributed by atoms with Gasteiger partial charge in [-0.25, -0.2) is 18.1 Å². The van der Waals surface area contributed by atoms with Crippen molar-refractivity contribution in [1.82, 2.24) is 9.71 Å². The number of nitrogens with one attached hydrogen (secondary N) is 2. The zero-order valence-electron chi connectivity index (χ0n) is 12.1. The SMILES string of the molecule is CNc1cccnc1S(=O)(=O)NCC1CCCCC1C. The Morgan fingerprint density at radius 1 is 1.35 bits per heavy atom. The monoisotopic (exact) mass is 297 g/mol. The summed E-state index contributed by atoms with van der Waals surface area (Å²) in [4.78, 5) is 3.99. The van der Waals surface area contributed by atoms with Crippen LogP contribution in [0.15, 0.2) is 23.4 Å². The predicted octanol–water partition coefficient (Wildman–Crippen LogP) is 2.23. The first-order valence-electron chi connectivity index (χ1n) is 7.17. The molecule has 2 atom stereocenters. The molecule has 1 saturated carbocycles. The lowest BCUT2D eigenvalue weighted by molar-refractivity contribution is 0.257. The van der Waals surface area contributed by atoms with Crippen LogP contribution in [0.4, 0.5) is 5.69 Å². The molecule has 112 valence electrons. The zero-order chi connectivity index (χ0) is 14.6. The third kappa shape index (κ3) is 3.49. The van der Waals surface area contributed by atoms with E-state index in [0.717, 1.165) is 6.42 Å². The number of rotatable bonds is 5. The van der Waals surface area contributed by atoms with Crippen LogP contribution < -0.4 is 10.0 Å². The highest BCUT2D eigenvalue weighted by Gasteiger charge is 2.25. The molecule has 1 aliphatic rings. The van der Waals surface area contributed by atoms with Gasteiger partial charge in [0, 0.05) is 19.8 Å². The number of anilines is 1. The fourth-order valence-corrected chi connectivity index (χ4v) is 4.01. The summed E-state index contributed by atoms with van der Waals surface area (Å²) in [5, 5.41) is 2.94. The van der Waals surface area contributed by atoms with E-state index in [1.165, 1.54) is 25.5 Å². The summed E-state index contributed by atoms with van der Waals surface area (Å²) in [6.45, 7) is 2.71. The van der Waals surface area contributed by atoms with Gasteiger partial charge in [0.2, 0.25) is 0 Å². The molecule has 0 radical (unpaired) electrons. The Kier molecular flexibility index (Phi) is 4.99. The van der Waals surface area contributed by atoms with Gasteiger partial charge in [-0.3, -0.25) is 0 Å². The molecule has 1 aromatic heterocycles. The summed E-state index contributed by atoms with van der Waals surface area (Å²) < 4.78 is 27.4. The third-order valence-corrected chi connectivity index (χ3v) is 5.50. The number of nitrogens with zero attached hydrogens (tertiary/aromatic N) is 1. The van der Waals surface area contributed by atoms with E-state index >= 15 is 0 Å². The van der Waals surface area contributed by atoms with Crippen molar-refractivity contribution >= 4 is 15.7 Å². The smallest absolute Gasteiger partial charge is 0.260 e. The number of sulfonamides is 1. The molecule has 1 aromatic rings. The van der Waals surface area contributed by atoms with Gasteiger partial charge in [0.15, 0.2) is 5.03 Å². The van der Waals surface area contributed by atoms with E-state index in [9.17, 15) is 8.42 Å². The summed E-state index contributed by atoms with van der Waals surface area (Å²) in [6, 6.07) is 3.43. The molecule has 2 unspecified atom stereocenters. The van der Waals surface area contributed by atoms with Crippen LogP contribution in [0.25, 0.3) is 0 Å². The molecule has 6 heteroatoms. The standard InChI is InChI=1S/C14H23N3O2S/c1-11-6-3-4-7-12(11)10-17-20(18,19)14-13(15-2)8-5-9-16-14/h5,8-9,11-12,15,17H,3-4,6-7,10H2,1-2H3. The van der Waals surface area contributed by atoms with Gasteiger partial charge in [-0.1, -0.05) is 26.2 Å². The highest BCUT2D eigenvalue weighted by molar-refractivity contribution is 7.89. The van der Waals surface area contributed by atoms with Gasteiger partial charge in [0.05, 0.1) is 5.69 Å². The van der Waals surface area contributed by atoms with E-state index in [2.05, 4.69) is 21.9 Å². The first-order valence-corrected chi connectivity index (χ1v) is 8.65. The molecule has 0 aromatic carbocycles. The fourth-order valence-electron chi connectivity index (χ4n) is 2.78. The zero-order valence-corrected chi connectivity index (χ0v) is 12.9. The minimum Gasteiger partial charge on any atom is -0.386 e. The van der Waals surface area contributed by atoms with Gasteiger partial charge in [0.1, 0.15) is 0 Å². The van der Waals surface area contributed by atoms with E-state index in [1.54, 1.807) is 19.2 Å². The molecule has 2 N–H and O–H groups in total. The van der Waals surface area contributed by atoms with Gasteiger partial charge in [0.25, 0.3) is 10.0 Å². The van der Waals surface area contributed by atoms with Crippen molar-refractivity contribution in [3.63, 3.8) is 0 Å². The van der Waals surface area contributed by atoms with Crippen molar-refractivity contribution in [3.8, 4) is 0 Å². The van der Waals surface area contributed by atoms with Crippen molar-refractivity contribution in [3.05, 3.63) is 18.3 Å². The maximum absolute atomic E-state index is 12.3. The average Bonchev–Trinajstić information content (AvgIpc) is 2.46. The van der Waals surface area contributed by atoms with Crippen LogP contribution in [0.1, 0.15) is 32.6 Å². The second-order valence-corrected chi connectivity index (χ2v) is 7.16. The Labute approximate surface area is 121 Å². The Hall–Kier alpha value is -1.14. The lowest BCUT2D eigenvalue weighted by atomic mass is 9.81. The Bertz CT molecular complexity index is 545. The fraction of sp³-hybridized carbons (Fsp3) is 0.643. The first-order chi connectivity index (χ1) is 9.54. The van der Waals surface area contributed by atoms with Crippen LogP contribution in [0.3, 0.4) is 0 Å². The molecule has 1 aliphatic carbocycles. The van der Waals surface area contributed by atoms with E-state index in [0.29, 0.717) is 24.1 Å². The van der Waals surface area contributed by atoms with Gasteiger partial charge in [-0.15, -0.1) is 0 Å². The van der Waals surface area contributed by atoms with Crippen molar-refractivity contribution < 1.29 is 8.42 Å². The van der Waals surface area contributed by atoms with E-state index < -0.39 is 10.0 Å². The molecule has 0 aliphatic heterocycles. The molecule has 1 fully saturated rings. The van der Waals surface area contributed by atoms with Crippen LogP contribution in [0, 0.1) is 11.8 Å². The minimum atomic E-state index is -3.55. The number of aromatic nitrogens is 1. The number of pyridine rings is 1. The highest BCUT2D eigenvalue weighted by atomic mass is 32.2. The van der Waals surface area contributed by atoms with E-state index in [1.807, 2.05) is 0 Å². The van der Waals surface area contributed by atoms with Crippen LogP contribution >= 0.6 is 0 Å². The third-order valence-electron chi connectivity index (χ3n) is 4.12. The topological polar surface area (TPSA) is 71.1 Å². The quantitative estimate of drug-likeness (QED) is 0.874. The number of hydrogen-bond donors (Lipinski definition) is 2. The summed E-state index contributed by atoms with van der Waals surface area (Å²) in [5.41, 5.74) is 0.525. The maximum atomic E-state index is 12.3. The van der Waals surface area contributed by atoms with Crippen molar-refractivity contribution in [2.24, 2.45) is 11.8 Å². The summed E-state index contributed by atoms with van der Waals surface area (Å²) in [7, 11) is -1.86. The molecule has 2 rings (SSSR count). The van der Waals surface area contributed by atoms with Crippen LogP contribution in [0.5, 0.6) is 0 Å². The number of hydrogen-bond acceptors (Lipinski definition) is 4. The maximum Gasteiger partial charge on any atom is 0.260 e. The van der Waals surface area contributed by atoms with Gasteiger partial charge in [-0.2, -0.15) is 0 Å². The largest absolute Gasteiger partial charge is 0.386 e. The second kappa shape index (κ2) is 6.54. The van der Waals surface area contributed by atoms with E-state index in [4.69, 9.17) is 0 Å². The van der Waals surface area contributed by atoms with E-state index in [-0.39, 0.29) is 5.03 Å². The second-order valence-electron chi connectivity index (χ2n) is 5.48. The highest BCUT2D eigenvalue weighted by Crippen LogP contribution is 2.29. The summed E-state index contributed by atoms with van der Waals surface area (Å²) in [5.74, 6) is 1.01. The van der Waals surface area contributed by atoms with Crippen molar-refractivity contribution in [1.29, 1.82) is 0 Å². The lowest BCUT2D eigenvalue weighted by Crippen LogP contribution is -2.34. The molecule has 0 saturated heterocycles. The molecule has 0 spiro atoms. The summed E-state index contributed by atoms with van der Waals surface area (Å²) in [6.07, 6.45) is 6.25. The Morgan fingerprint density at radius 3 is 2.80 bits per heavy atom. The molecule has 1 heterocycles. The molecule has 5 nitrogen and oxygen atoms in total.